The van der Waals surface area contributed by atoms with Gasteiger partial charge in [-0.1, -0.05) is 13.3 Å². The van der Waals surface area contributed by atoms with E-state index in [1.54, 1.807) is 23.1 Å². The van der Waals surface area contributed by atoms with Crippen LogP contribution in [0.3, 0.4) is 0 Å². The molecule has 0 amide bonds. The van der Waals surface area contributed by atoms with E-state index in [0.29, 0.717) is 17.3 Å². The highest BCUT2D eigenvalue weighted by Gasteiger charge is 2.15. The molecule has 0 aliphatic rings. The molecule has 3 aromatic heterocycles. The Labute approximate surface area is 169 Å². The van der Waals surface area contributed by atoms with E-state index < -0.39 is 6.04 Å². The van der Waals surface area contributed by atoms with Gasteiger partial charge >= 0.3 is 0 Å². The zero-order valence-corrected chi connectivity index (χ0v) is 16.7. The van der Waals surface area contributed by atoms with Crippen LogP contribution in [0.4, 0.5) is 0 Å². The summed E-state index contributed by atoms with van der Waals surface area (Å²) in [6.45, 7) is 3.79. The minimum absolute atomic E-state index is 0.253. The number of rotatable bonds is 9. The Morgan fingerprint density at radius 1 is 1.28 bits per heavy atom. The van der Waals surface area contributed by atoms with Gasteiger partial charge in [0.1, 0.15) is 0 Å². The first-order valence-corrected chi connectivity index (χ1v) is 9.67. The fraction of sp³-hybridized carbons (Fsp3) is 0.400. The molecule has 3 heterocycles. The maximum atomic E-state index is 9.21. The van der Waals surface area contributed by atoms with Gasteiger partial charge in [0.15, 0.2) is 0 Å². The van der Waals surface area contributed by atoms with Crippen molar-refractivity contribution >= 4 is 17.3 Å². The summed E-state index contributed by atoms with van der Waals surface area (Å²) < 4.78 is 3.69. The van der Waals surface area contributed by atoms with Crippen molar-refractivity contribution in [1.29, 1.82) is 0 Å². The van der Waals surface area contributed by atoms with Crippen LogP contribution >= 0.6 is 0 Å². The van der Waals surface area contributed by atoms with E-state index in [9.17, 15) is 10.2 Å². The molecule has 3 aromatic rings. The summed E-state index contributed by atoms with van der Waals surface area (Å²) in [7, 11) is 0. The molecule has 0 spiro atoms. The van der Waals surface area contributed by atoms with Crippen LogP contribution in [0.5, 0.6) is 0 Å². The van der Waals surface area contributed by atoms with Crippen molar-refractivity contribution in [3.63, 3.8) is 0 Å². The quantitative estimate of drug-likeness (QED) is 0.472. The number of aliphatic hydroxyl groups excluding tert-OH is 2. The number of nitrogens with two attached hydrogens (primary N) is 1. The molecule has 4 N–H and O–H groups in total. The number of aromatic nitrogens is 5. The van der Waals surface area contributed by atoms with E-state index >= 15 is 0 Å². The highest BCUT2D eigenvalue weighted by Crippen LogP contribution is 2.25. The summed E-state index contributed by atoms with van der Waals surface area (Å²) in [5.74, 6) is 0. The molecule has 0 aliphatic heterocycles. The first-order valence-electron chi connectivity index (χ1n) is 9.67. The van der Waals surface area contributed by atoms with Gasteiger partial charge in [-0.05, 0) is 19.4 Å². The molecular weight excluding hydrogens is 370 g/mol. The van der Waals surface area contributed by atoms with Crippen molar-refractivity contribution < 1.29 is 10.2 Å². The lowest BCUT2D eigenvalue weighted by Gasteiger charge is -2.10. The van der Waals surface area contributed by atoms with E-state index in [2.05, 4.69) is 29.0 Å². The summed E-state index contributed by atoms with van der Waals surface area (Å²) >= 11 is 0. The average molecular weight is 397 g/mol. The zero-order chi connectivity index (χ0) is 20.8. The predicted octanol–water partition coefficient (Wildman–Crippen LogP) is 1.68. The fourth-order valence-electron chi connectivity index (χ4n) is 3.06. The summed E-state index contributed by atoms with van der Waals surface area (Å²) in [5.41, 5.74) is 9.41. The van der Waals surface area contributed by atoms with Crippen molar-refractivity contribution in [2.45, 2.75) is 38.8 Å². The number of aliphatic hydroxyl groups is 2. The molecule has 0 saturated heterocycles. The predicted molar refractivity (Wildman–Crippen MR) is 112 cm³/mol. The standard InChI is InChI=1S/C20H27N7O2/c1-3-4-14(2)26-10-16(9-24-26)20-19-5-6-23-27(19)11-18(25-20)15(7-21)8-22-17(12-28)13-29/h5-11,14,17,28-29H,3-4,12-13,21H2,1-2H3. The largest absolute Gasteiger partial charge is 0.404 e. The topological polar surface area (TPSA) is 127 Å². The lowest BCUT2D eigenvalue weighted by atomic mass is 10.1. The van der Waals surface area contributed by atoms with Crippen LogP contribution in [0.2, 0.25) is 0 Å². The molecule has 1 unspecified atom stereocenters. The highest BCUT2D eigenvalue weighted by atomic mass is 16.3. The van der Waals surface area contributed by atoms with Gasteiger partial charge in [-0.3, -0.25) is 9.67 Å². The highest BCUT2D eigenvalue weighted by molar-refractivity contribution is 6.09. The van der Waals surface area contributed by atoms with E-state index in [0.717, 1.165) is 29.6 Å². The van der Waals surface area contributed by atoms with Crippen LogP contribution in [0.15, 0.2) is 42.0 Å². The number of hydrogen-bond acceptors (Lipinski definition) is 7. The second-order valence-electron chi connectivity index (χ2n) is 6.90. The number of hydrogen-bond donors (Lipinski definition) is 3. The van der Waals surface area contributed by atoms with Crippen molar-refractivity contribution in [3.05, 3.63) is 42.7 Å². The third-order valence-electron chi connectivity index (χ3n) is 4.74. The fourth-order valence-corrected chi connectivity index (χ4v) is 3.06. The van der Waals surface area contributed by atoms with Crippen LogP contribution in [-0.4, -0.2) is 60.1 Å². The monoisotopic (exact) mass is 397 g/mol. The van der Waals surface area contributed by atoms with Crippen LogP contribution in [0.1, 0.15) is 38.4 Å². The third kappa shape index (κ3) is 4.52. The van der Waals surface area contributed by atoms with Gasteiger partial charge in [-0.25, -0.2) is 9.50 Å². The molecule has 0 bridgehead atoms. The Morgan fingerprint density at radius 2 is 2.07 bits per heavy atom. The summed E-state index contributed by atoms with van der Waals surface area (Å²) in [6.07, 6.45) is 12.3. The van der Waals surface area contributed by atoms with Crippen LogP contribution in [-0.2, 0) is 0 Å². The SMILES string of the molecule is CCCC(C)n1cc(-c2nc(C(C=NC(CO)CO)=CN)cn3nccc23)cn1. The van der Waals surface area contributed by atoms with Crippen LogP contribution in [0, 0.1) is 0 Å². The van der Waals surface area contributed by atoms with Gasteiger partial charge in [0, 0.05) is 35.8 Å². The molecule has 0 aromatic carbocycles. The van der Waals surface area contributed by atoms with Gasteiger partial charge in [-0.15, -0.1) is 0 Å². The molecule has 1 atom stereocenters. The smallest absolute Gasteiger partial charge is 0.0999 e. The molecule has 9 nitrogen and oxygen atoms in total. The number of allylic oxidation sites excluding steroid dienone is 1. The number of aliphatic imine (C=N–C) groups is 1. The zero-order valence-electron chi connectivity index (χ0n) is 16.7. The van der Waals surface area contributed by atoms with Crippen LogP contribution < -0.4 is 5.73 Å². The Morgan fingerprint density at radius 3 is 2.76 bits per heavy atom. The lowest BCUT2D eigenvalue weighted by Crippen LogP contribution is -2.15. The van der Waals surface area contributed by atoms with Gasteiger partial charge in [0.2, 0.25) is 0 Å². The molecule has 0 fully saturated rings. The first-order chi connectivity index (χ1) is 14.1. The minimum Gasteiger partial charge on any atom is -0.404 e. The molecule has 0 radical (unpaired) electrons. The van der Waals surface area contributed by atoms with Crippen LogP contribution in [0.25, 0.3) is 22.3 Å². The van der Waals surface area contributed by atoms with Crippen molar-refractivity contribution in [1.82, 2.24) is 24.4 Å². The van der Waals surface area contributed by atoms with Gasteiger partial charge in [0.05, 0.1) is 54.8 Å². The third-order valence-corrected chi connectivity index (χ3v) is 4.74. The minimum atomic E-state index is -0.601. The number of fused-ring (bicyclic) bond motifs is 1. The van der Waals surface area contributed by atoms with Crippen molar-refractivity contribution in [2.24, 2.45) is 10.7 Å². The summed E-state index contributed by atoms with van der Waals surface area (Å²) in [5, 5.41) is 27.3. The van der Waals surface area contributed by atoms with E-state index in [4.69, 9.17) is 10.7 Å². The van der Waals surface area contributed by atoms with E-state index in [1.165, 1.54) is 12.4 Å². The second kappa shape index (κ2) is 9.44. The van der Waals surface area contributed by atoms with Gasteiger partial charge in [0.25, 0.3) is 0 Å². The summed E-state index contributed by atoms with van der Waals surface area (Å²) in [6, 6.07) is 1.60. The van der Waals surface area contributed by atoms with E-state index in [1.807, 2.05) is 16.9 Å². The Balaban J connectivity index is 2.02. The lowest BCUT2D eigenvalue weighted by molar-refractivity contribution is 0.196. The second-order valence-corrected chi connectivity index (χ2v) is 6.90. The van der Waals surface area contributed by atoms with Gasteiger partial charge in [-0.2, -0.15) is 10.2 Å². The Kier molecular flexibility index (Phi) is 6.73. The Hall–Kier alpha value is -3.04. The molecule has 0 saturated carbocycles. The van der Waals surface area contributed by atoms with Crippen molar-refractivity contribution in [2.75, 3.05) is 13.2 Å². The number of nitrogens with zero attached hydrogens (tertiary/aromatic N) is 6. The molecule has 0 aliphatic carbocycles. The normalized spacial score (nSPS) is 13.8. The maximum absolute atomic E-state index is 9.21. The Bertz CT molecular complexity index is 1000. The average Bonchev–Trinajstić information content (AvgIpc) is 3.40. The molecule has 29 heavy (non-hydrogen) atoms. The molecule has 154 valence electrons. The van der Waals surface area contributed by atoms with E-state index in [-0.39, 0.29) is 13.2 Å². The molecular formula is C20H27N7O2. The van der Waals surface area contributed by atoms with Gasteiger partial charge < -0.3 is 15.9 Å². The molecule has 9 heteroatoms. The summed E-state index contributed by atoms with van der Waals surface area (Å²) in [4.78, 5) is 8.95. The molecule has 3 rings (SSSR count). The van der Waals surface area contributed by atoms with Crippen molar-refractivity contribution in [3.8, 4) is 11.3 Å². The maximum Gasteiger partial charge on any atom is 0.0999 e. The first kappa shape index (κ1) is 20.7.